The first-order valence-corrected chi connectivity index (χ1v) is 5.37. The summed E-state index contributed by atoms with van der Waals surface area (Å²) in [5.74, 6) is -0.225. The summed E-state index contributed by atoms with van der Waals surface area (Å²) < 4.78 is 0. The molecule has 1 aromatic heterocycles. The van der Waals surface area contributed by atoms with Gasteiger partial charge in [-0.25, -0.2) is 0 Å². The molecule has 1 heterocycles. The molecule has 0 radical (unpaired) electrons. The van der Waals surface area contributed by atoms with Crippen LogP contribution in [0, 0.1) is 0 Å². The molecule has 7 nitrogen and oxygen atoms in total. The minimum atomic E-state index is -0.300. The molecule has 0 aliphatic heterocycles. The van der Waals surface area contributed by atoms with Gasteiger partial charge in [-0.2, -0.15) is 5.21 Å². The number of aromatic nitrogens is 4. The summed E-state index contributed by atoms with van der Waals surface area (Å²) in [7, 11) is 2.04. The van der Waals surface area contributed by atoms with Crippen molar-refractivity contribution in [1.29, 1.82) is 0 Å². The molecule has 2 N–H and O–H groups in total. The Morgan fingerprint density at radius 3 is 2.94 bits per heavy atom. The Morgan fingerprint density at radius 2 is 2.38 bits per heavy atom. The number of hydrogen-bond donors (Lipinski definition) is 2. The SMILES string of the molecule is CCC(C)N(C)CCNC(=O)c1nn[nH]n1. The van der Waals surface area contributed by atoms with Crippen molar-refractivity contribution in [1.82, 2.24) is 30.8 Å². The van der Waals surface area contributed by atoms with E-state index in [0.717, 1.165) is 13.0 Å². The lowest BCUT2D eigenvalue weighted by atomic mass is 10.2. The molecule has 0 spiro atoms. The molecule has 1 unspecified atom stereocenters. The number of amides is 1. The van der Waals surface area contributed by atoms with Gasteiger partial charge in [0, 0.05) is 19.1 Å². The Labute approximate surface area is 94.6 Å². The van der Waals surface area contributed by atoms with Crippen LogP contribution in [0.5, 0.6) is 0 Å². The second-order valence-corrected chi connectivity index (χ2v) is 3.73. The van der Waals surface area contributed by atoms with Gasteiger partial charge in [-0.3, -0.25) is 4.79 Å². The predicted octanol–water partition coefficient (Wildman–Crippen LogP) is -0.340. The maximum absolute atomic E-state index is 11.4. The molecule has 0 saturated carbocycles. The van der Waals surface area contributed by atoms with Gasteiger partial charge < -0.3 is 10.2 Å². The van der Waals surface area contributed by atoms with Gasteiger partial charge in [0.15, 0.2) is 0 Å². The molecule has 16 heavy (non-hydrogen) atoms. The molecule has 1 atom stereocenters. The van der Waals surface area contributed by atoms with Crippen LogP contribution in [0.3, 0.4) is 0 Å². The molecule has 0 bridgehead atoms. The van der Waals surface area contributed by atoms with Crippen molar-refractivity contribution in [2.45, 2.75) is 26.3 Å². The van der Waals surface area contributed by atoms with E-state index in [4.69, 9.17) is 0 Å². The number of nitrogens with one attached hydrogen (secondary N) is 2. The standard InChI is InChI=1S/C9H18N6O/c1-4-7(2)15(3)6-5-10-9(16)8-11-13-14-12-8/h7H,4-6H2,1-3H3,(H,10,16)(H,11,12,13,14). The van der Waals surface area contributed by atoms with Crippen LogP contribution in [0.4, 0.5) is 0 Å². The second kappa shape index (κ2) is 6.16. The molecule has 0 aliphatic carbocycles. The number of nitrogens with zero attached hydrogens (tertiary/aromatic N) is 4. The lowest BCUT2D eigenvalue weighted by Gasteiger charge is -2.23. The predicted molar refractivity (Wildman–Crippen MR) is 58.9 cm³/mol. The van der Waals surface area contributed by atoms with Gasteiger partial charge in [0.2, 0.25) is 0 Å². The van der Waals surface area contributed by atoms with Crippen molar-refractivity contribution in [3.63, 3.8) is 0 Å². The van der Waals surface area contributed by atoms with E-state index in [2.05, 4.69) is 44.7 Å². The van der Waals surface area contributed by atoms with Crippen molar-refractivity contribution in [3.05, 3.63) is 5.82 Å². The normalized spacial score (nSPS) is 12.8. The fourth-order valence-corrected chi connectivity index (χ4v) is 1.21. The third-order valence-electron chi connectivity index (χ3n) is 2.64. The summed E-state index contributed by atoms with van der Waals surface area (Å²) in [6, 6.07) is 0.516. The summed E-state index contributed by atoms with van der Waals surface area (Å²) >= 11 is 0. The maximum Gasteiger partial charge on any atom is 0.292 e. The Morgan fingerprint density at radius 1 is 1.62 bits per heavy atom. The van der Waals surface area contributed by atoms with E-state index in [-0.39, 0.29) is 11.7 Å². The van der Waals surface area contributed by atoms with Crippen LogP contribution in [0.1, 0.15) is 30.9 Å². The summed E-state index contributed by atoms with van der Waals surface area (Å²) in [4.78, 5) is 13.6. The van der Waals surface area contributed by atoms with Crippen molar-refractivity contribution < 1.29 is 4.79 Å². The van der Waals surface area contributed by atoms with Crippen LogP contribution in [-0.4, -0.2) is 57.6 Å². The molecule has 90 valence electrons. The quantitative estimate of drug-likeness (QED) is 0.693. The zero-order valence-electron chi connectivity index (χ0n) is 9.90. The van der Waals surface area contributed by atoms with Crippen LogP contribution in [-0.2, 0) is 0 Å². The Bertz CT molecular complexity index is 312. The number of carbonyl (C=O) groups is 1. The van der Waals surface area contributed by atoms with E-state index in [9.17, 15) is 4.79 Å². The van der Waals surface area contributed by atoms with E-state index in [1.54, 1.807) is 0 Å². The highest BCUT2D eigenvalue weighted by molar-refractivity contribution is 5.89. The zero-order valence-corrected chi connectivity index (χ0v) is 9.90. The van der Waals surface area contributed by atoms with E-state index in [1.807, 2.05) is 7.05 Å². The fraction of sp³-hybridized carbons (Fsp3) is 0.778. The van der Waals surface area contributed by atoms with E-state index in [1.165, 1.54) is 0 Å². The van der Waals surface area contributed by atoms with Gasteiger partial charge in [-0.15, -0.1) is 10.2 Å². The molecular weight excluding hydrogens is 208 g/mol. The second-order valence-electron chi connectivity index (χ2n) is 3.73. The first-order valence-electron chi connectivity index (χ1n) is 5.37. The van der Waals surface area contributed by atoms with Gasteiger partial charge in [0.05, 0.1) is 0 Å². The number of likely N-dealkylation sites (N-methyl/N-ethyl adjacent to an activating group) is 1. The fourth-order valence-electron chi connectivity index (χ4n) is 1.21. The monoisotopic (exact) mass is 226 g/mol. The van der Waals surface area contributed by atoms with Crippen LogP contribution in [0.25, 0.3) is 0 Å². The topological polar surface area (TPSA) is 86.8 Å². The number of rotatable bonds is 6. The van der Waals surface area contributed by atoms with Gasteiger partial charge >= 0.3 is 0 Å². The van der Waals surface area contributed by atoms with Gasteiger partial charge in [0.25, 0.3) is 11.7 Å². The number of H-pyrrole nitrogens is 1. The van der Waals surface area contributed by atoms with Gasteiger partial charge in [0.1, 0.15) is 0 Å². The molecular formula is C9H18N6O. The van der Waals surface area contributed by atoms with Gasteiger partial charge in [-0.1, -0.05) is 6.92 Å². The molecule has 0 saturated heterocycles. The zero-order chi connectivity index (χ0) is 12.0. The molecule has 0 aliphatic rings. The molecule has 1 rings (SSSR count). The molecule has 7 heteroatoms. The number of carbonyl (C=O) groups excluding carboxylic acids is 1. The first-order chi connectivity index (χ1) is 7.65. The summed E-state index contributed by atoms with van der Waals surface area (Å²) in [5.41, 5.74) is 0. The number of aromatic amines is 1. The number of hydrogen-bond acceptors (Lipinski definition) is 5. The van der Waals surface area contributed by atoms with Crippen LogP contribution in [0.2, 0.25) is 0 Å². The van der Waals surface area contributed by atoms with Crippen LogP contribution >= 0.6 is 0 Å². The van der Waals surface area contributed by atoms with Crippen molar-refractivity contribution in [2.75, 3.05) is 20.1 Å². The van der Waals surface area contributed by atoms with E-state index in [0.29, 0.717) is 12.6 Å². The summed E-state index contributed by atoms with van der Waals surface area (Å²) in [6.07, 6.45) is 1.09. The molecule has 0 fully saturated rings. The van der Waals surface area contributed by atoms with Gasteiger partial charge in [-0.05, 0) is 25.6 Å². The summed E-state index contributed by atoms with van der Waals surface area (Å²) in [5, 5.41) is 15.5. The average Bonchev–Trinajstić information content (AvgIpc) is 2.81. The van der Waals surface area contributed by atoms with Crippen LogP contribution in [0.15, 0.2) is 0 Å². The summed E-state index contributed by atoms with van der Waals surface area (Å²) in [6.45, 7) is 5.67. The average molecular weight is 226 g/mol. The smallest absolute Gasteiger partial charge is 0.292 e. The highest BCUT2D eigenvalue weighted by Gasteiger charge is 2.11. The molecule has 1 aromatic rings. The largest absolute Gasteiger partial charge is 0.348 e. The third-order valence-corrected chi connectivity index (χ3v) is 2.64. The van der Waals surface area contributed by atoms with Crippen molar-refractivity contribution in [3.8, 4) is 0 Å². The first kappa shape index (κ1) is 12.6. The molecule has 1 amide bonds. The Hall–Kier alpha value is -1.50. The number of tetrazole rings is 1. The lowest BCUT2D eigenvalue weighted by molar-refractivity contribution is 0.0937. The minimum Gasteiger partial charge on any atom is -0.348 e. The minimum absolute atomic E-state index is 0.0752. The Balaban J connectivity index is 2.23. The Kier molecular flexibility index (Phi) is 4.84. The van der Waals surface area contributed by atoms with E-state index < -0.39 is 0 Å². The maximum atomic E-state index is 11.4. The van der Waals surface area contributed by atoms with Crippen LogP contribution < -0.4 is 5.32 Å². The highest BCUT2D eigenvalue weighted by atomic mass is 16.2. The van der Waals surface area contributed by atoms with E-state index >= 15 is 0 Å². The van der Waals surface area contributed by atoms with Crippen molar-refractivity contribution in [2.24, 2.45) is 0 Å². The highest BCUT2D eigenvalue weighted by Crippen LogP contribution is 1.98. The lowest BCUT2D eigenvalue weighted by Crippen LogP contribution is -2.37. The van der Waals surface area contributed by atoms with Crippen molar-refractivity contribution >= 4 is 5.91 Å². The molecule has 0 aromatic carbocycles. The third kappa shape index (κ3) is 3.58.